The topological polar surface area (TPSA) is 76.1 Å². The molecule has 0 saturated carbocycles. The van der Waals surface area contributed by atoms with Crippen LogP contribution in [0.15, 0.2) is 46.8 Å². The van der Waals surface area contributed by atoms with Gasteiger partial charge < -0.3 is 15.4 Å². The fourth-order valence-corrected chi connectivity index (χ4v) is 4.44. The molecule has 2 aromatic carbocycles. The van der Waals surface area contributed by atoms with E-state index in [0.29, 0.717) is 20.2 Å². The lowest BCUT2D eigenvalue weighted by Crippen LogP contribution is -2.22. The molecule has 0 saturated heterocycles. The Balaban J connectivity index is 1.62. The van der Waals surface area contributed by atoms with Gasteiger partial charge in [0.25, 0.3) is 0 Å². The van der Waals surface area contributed by atoms with Crippen molar-refractivity contribution < 1.29 is 9.53 Å². The van der Waals surface area contributed by atoms with Gasteiger partial charge >= 0.3 is 0 Å². The van der Waals surface area contributed by atoms with Gasteiger partial charge in [-0.05, 0) is 43.7 Å². The molecule has 1 unspecified atom stereocenters. The minimum Gasteiger partial charge on any atom is -0.495 e. The number of nitrogens with one attached hydrogen (secondary N) is 2. The van der Waals surface area contributed by atoms with Crippen LogP contribution in [0.2, 0.25) is 5.02 Å². The summed E-state index contributed by atoms with van der Waals surface area (Å²) in [7, 11) is 1.61. The molecule has 3 aromatic rings. The van der Waals surface area contributed by atoms with Gasteiger partial charge in [-0.25, -0.2) is 0 Å². The Morgan fingerprint density at radius 3 is 2.71 bits per heavy atom. The summed E-state index contributed by atoms with van der Waals surface area (Å²) in [6.07, 6.45) is 0. The summed E-state index contributed by atoms with van der Waals surface area (Å²) in [4.78, 5) is 12.5. The molecule has 1 aromatic heterocycles. The second kappa shape index (κ2) is 9.27. The molecule has 0 aliphatic carbocycles. The van der Waals surface area contributed by atoms with Gasteiger partial charge in [0.05, 0.1) is 18.0 Å². The van der Waals surface area contributed by atoms with Crippen LogP contribution in [0.25, 0.3) is 0 Å². The second-order valence-electron chi connectivity index (χ2n) is 5.86. The van der Waals surface area contributed by atoms with Crippen LogP contribution in [0.5, 0.6) is 5.75 Å². The summed E-state index contributed by atoms with van der Waals surface area (Å²) < 4.78 is 6.02. The molecule has 146 valence electrons. The standard InChI is InChI=1S/C19H19ClN4O2S2/c1-11-13(20)7-6-9-14(11)21-17(25)12(2)27-19-24-23-18(28-19)22-15-8-4-5-10-16(15)26-3/h4-10,12H,1-3H3,(H,21,25)(H,22,23). The zero-order valence-corrected chi connectivity index (χ0v) is 17.9. The normalized spacial score (nSPS) is 11.7. The highest BCUT2D eigenvalue weighted by atomic mass is 35.5. The maximum Gasteiger partial charge on any atom is 0.237 e. The monoisotopic (exact) mass is 434 g/mol. The van der Waals surface area contributed by atoms with Crippen LogP contribution >= 0.6 is 34.7 Å². The molecule has 1 heterocycles. The number of hydrogen-bond donors (Lipinski definition) is 2. The zero-order valence-electron chi connectivity index (χ0n) is 15.5. The molecule has 0 spiro atoms. The molecular formula is C19H19ClN4O2S2. The molecular weight excluding hydrogens is 416 g/mol. The molecule has 2 N–H and O–H groups in total. The number of anilines is 3. The zero-order chi connectivity index (χ0) is 20.1. The van der Waals surface area contributed by atoms with Gasteiger partial charge in [0.2, 0.25) is 11.0 Å². The summed E-state index contributed by atoms with van der Waals surface area (Å²) in [6.45, 7) is 3.70. The smallest absolute Gasteiger partial charge is 0.237 e. The average molecular weight is 435 g/mol. The fourth-order valence-electron chi connectivity index (χ4n) is 2.35. The lowest BCUT2D eigenvalue weighted by molar-refractivity contribution is -0.115. The molecule has 6 nitrogen and oxygen atoms in total. The number of para-hydroxylation sites is 2. The fraction of sp³-hybridized carbons (Fsp3) is 0.211. The van der Waals surface area contributed by atoms with Crippen LogP contribution in [0.3, 0.4) is 0 Å². The maximum absolute atomic E-state index is 12.5. The van der Waals surface area contributed by atoms with Gasteiger partial charge in [0.15, 0.2) is 4.34 Å². The number of rotatable bonds is 7. The highest BCUT2D eigenvalue weighted by molar-refractivity contribution is 8.02. The molecule has 3 rings (SSSR count). The third-order valence-corrected chi connectivity index (χ3v) is 6.36. The van der Waals surface area contributed by atoms with Gasteiger partial charge in [-0.15, -0.1) is 10.2 Å². The Bertz CT molecular complexity index is 980. The van der Waals surface area contributed by atoms with Crippen molar-refractivity contribution in [1.29, 1.82) is 0 Å². The van der Waals surface area contributed by atoms with Crippen LogP contribution in [0, 0.1) is 6.92 Å². The number of thioether (sulfide) groups is 1. The predicted molar refractivity (Wildman–Crippen MR) is 116 cm³/mol. The summed E-state index contributed by atoms with van der Waals surface area (Å²) in [5.41, 5.74) is 2.36. The number of benzene rings is 2. The Labute approximate surface area is 176 Å². The number of amides is 1. The third-order valence-electron chi connectivity index (χ3n) is 3.93. The van der Waals surface area contributed by atoms with Crippen molar-refractivity contribution in [3.05, 3.63) is 53.1 Å². The van der Waals surface area contributed by atoms with Gasteiger partial charge in [-0.1, -0.05) is 52.9 Å². The van der Waals surface area contributed by atoms with Crippen molar-refractivity contribution in [2.75, 3.05) is 17.7 Å². The van der Waals surface area contributed by atoms with Crippen LogP contribution in [0.1, 0.15) is 12.5 Å². The number of hydrogen-bond acceptors (Lipinski definition) is 7. The van der Waals surface area contributed by atoms with Crippen molar-refractivity contribution in [3.63, 3.8) is 0 Å². The Hall–Kier alpha value is -2.29. The summed E-state index contributed by atoms with van der Waals surface area (Å²) >= 11 is 8.84. The number of carbonyl (C=O) groups is 1. The van der Waals surface area contributed by atoms with Crippen LogP contribution in [-0.4, -0.2) is 28.5 Å². The molecule has 0 bridgehead atoms. The highest BCUT2D eigenvalue weighted by Gasteiger charge is 2.18. The molecule has 1 amide bonds. The van der Waals surface area contributed by atoms with E-state index in [1.807, 2.05) is 50.2 Å². The first-order chi connectivity index (χ1) is 13.5. The van der Waals surface area contributed by atoms with Crippen LogP contribution < -0.4 is 15.4 Å². The van der Waals surface area contributed by atoms with Crippen molar-refractivity contribution in [2.24, 2.45) is 0 Å². The van der Waals surface area contributed by atoms with Gasteiger partial charge in [-0.2, -0.15) is 0 Å². The van der Waals surface area contributed by atoms with Crippen molar-refractivity contribution in [1.82, 2.24) is 10.2 Å². The quantitative estimate of drug-likeness (QED) is 0.487. The SMILES string of the molecule is COc1ccccc1Nc1nnc(SC(C)C(=O)Nc2cccc(Cl)c2C)s1. The average Bonchev–Trinajstić information content (AvgIpc) is 3.12. The number of nitrogens with zero attached hydrogens (tertiary/aromatic N) is 2. The van der Waals surface area contributed by atoms with E-state index in [1.54, 1.807) is 13.2 Å². The summed E-state index contributed by atoms with van der Waals surface area (Å²) in [5.74, 6) is 0.598. The number of ether oxygens (including phenoxy) is 1. The van der Waals surface area contributed by atoms with E-state index in [0.717, 1.165) is 17.0 Å². The first-order valence-electron chi connectivity index (χ1n) is 8.44. The lowest BCUT2D eigenvalue weighted by atomic mass is 10.2. The van der Waals surface area contributed by atoms with E-state index in [1.165, 1.54) is 23.1 Å². The molecule has 1 atom stereocenters. The highest BCUT2D eigenvalue weighted by Crippen LogP contribution is 2.33. The Kier molecular flexibility index (Phi) is 6.77. The van der Waals surface area contributed by atoms with Gasteiger partial charge in [-0.3, -0.25) is 4.79 Å². The number of halogens is 1. The summed E-state index contributed by atoms with van der Waals surface area (Å²) in [6, 6.07) is 13.0. The van der Waals surface area contributed by atoms with E-state index in [4.69, 9.17) is 16.3 Å². The number of carbonyl (C=O) groups excluding carboxylic acids is 1. The van der Waals surface area contributed by atoms with E-state index in [9.17, 15) is 4.79 Å². The first-order valence-corrected chi connectivity index (χ1v) is 10.5. The predicted octanol–water partition coefficient (Wildman–Crippen LogP) is 5.37. The van der Waals surface area contributed by atoms with Crippen molar-refractivity contribution in [3.8, 4) is 5.75 Å². The molecule has 0 fully saturated rings. The van der Waals surface area contributed by atoms with Crippen LogP contribution in [0.4, 0.5) is 16.5 Å². The Morgan fingerprint density at radius 1 is 1.18 bits per heavy atom. The molecule has 0 aliphatic heterocycles. The molecule has 28 heavy (non-hydrogen) atoms. The van der Waals surface area contributed by atoms with Crippen LogP contribution in [-0.2, 0) is 4.79 Å². The maximum atomic E-state index is 12.5. The number of aromatic nitrogens is 2. The number of methoxy groups -OCH3 is 1. The first kappa shape index (κ1) is 20.4. The molecule has 0 aliphatic rings. The summed E-state index contributed by atoms with van der Waals surface area (Å²) in [5, 5.41) is 15.3. The lowest BCUT2D eigenvalue weighted by Gasteiger charge is -2.12. The van der Waals surface area contributed by atoms with E-state index < -0.39 is 0 Å². The minimum atomic E-state index is -0.342. The molecule has 9 heteroatoms. The molecule has 0 radical (unpaired) electrons. The third kappa shape index (κ3) is 4.95. The van der Waals surface area contributed by atoms with Crippen molar-refractivity contribution in [2.45, 2.75) is 23.4 Å². The van der Waals surface area contributed by atoms with E-state index >= 15 is 0 Å². The largest absolute Gasteiger partial charge is 0.495 e. The minimum absolute atomic E-state index is 0.121. The van der Waals surface area contributed by atoms with Gasteiger partial charge in [0, 0.05) is 10.7 Å². The van der Waals surface area contributed by atoms with E-state index in [-0.39, 0.29) is 11.2 Å². The van der Waals surface area contributed by atoms with E-state index in [2.05, 4.69) is 20.8 Å². The van der Waals surface area contributed by atoms with Gasteiger partial charge in [0.1, 0.15) is 5.75 Å². The Morgan fingerprint density at radius 2 is 1.93 bits per heavy atom. The van der Waals surface area contributed by atoms with Crippen molar-refractivity contribution >= 4 is 57.1 Å². The second-order valence-corrected chi connectivity index (χ2v) is 8.83.